The number of aromatic nitrogens is 4. The molecule has 0 bridgehead atoms. The molecule has 0 aliphatic heterocycles. The molecule has 3 amide bonds. The summed E-state index contributed by atoms with van der Waals surface area (Å²) in [5.74, 6) is -0.465. The van der Waals surface area contributed by atoms with E-state index in [2.05, 4.69) is 25.9 Å². The molecule has 0 spiro atoms. The molecule has 0 radical (unpaired) electrons. The Morgan fingerprint density at radius 1 is 1.05 bits per heavy atom. The number of nitrogens with zero attached hydrogens (tertiary/aromatic N) is 4. The second-order valence-corrected chi connectivity index (χ2v) is 8.91. The number of rotatable bonds is 13. The molecule has 1 aromatic carbocycles. The lowest BCUT2D eigenvalue weighted by Crippen LogP contribution is -3.00. The van der Waals surface area contributed by atoms with Gasteiger partial charge in [-0.2, -0.15) is 0 Å². The molecule has 0 unspecified atom stereocenters. The molecule has 0 aliphatic rings. The zero-order valence-electron chi connectivity index (χ0n) is 23.3. The predicted molar refractivity (Wildman–Crippen MR) is 149 cm³/mol. The SMILES string of the molecule is CCNC(=O)c1cc2c(cc1OCC(=O)NCCOC)[n+](CC)c(CNC(=O)c1nc(Cl)c(N)nc1N)n2CC.[Cl-]. The van der Waals surface area contributed by atoms with E-state index in [4.69, 9.17) is 32.5 Å². The number of amides is 3. The van der Waals surface area contributed by atoms with E-state index in [9.17, 15) is 14.4 Å². The normalized spacial score (nSPS) is 10.7. The van der Waals surface area contributed by atoms with Crippen LogP contribution in [0.5, 0.6) is 5.75 Å². The molecule has 3 aromatic rings. The van der Waals surface area contributed by atoms with E-state index < -0.39 is 5.91 Å². The number of carbonyl (C=O) groups is 3. The highest BCUT2D eigenvalue weighted by molar-refractivity contribution is 6.31. The minimum Gasteiger partial charge on any atom is -1.00 e. The number of nitrogens with one attached hydrogen (secondary N) is 3. The molecule has 7 N–H and O–H groups in total. The Kier molecular flexibility index (Phi) is 12.4. The number of aryl methyl sites for hydroxylation is 2. The topological polar surface area (TPSA) is 192 Å². The summed E-state index contributed by atoms with van der Waals surface area (Å²) < 4.78 is 14.7. The first kappa shape index (κ1) is 33.3. The maximum Gasteiger partial charge on any atom is 0.277 e. The molecular weight excluding hydrogens is 577 g/mol. The van der Waals surface area contributed by atoms with Crippen molar-refractivity contribution in [3.8, 4) is 5.75 Å². The third kappa shape index (κ3) is 7.65. The van der Waals surface area contributed by atoms with Crippen LogP contribution < -0.4 is 49.1 Å². The highest BCUT2D eigenvalue weighted by Crippen LogP contribution is 2.27. The molecule has 0 aliphatic carbocycles. The number of methoxy groups -OCH3 is 1. The largest absolute Gasteiger partial charge is 1.00 e. The van der Waals surface area contributed by atoms with Gasteiger partial charge in [0, 0.05) is 32.3 Å². The fourth-order valence-corrected chi connectivity index (χ4v) is 4.33. The number of hydrogen-bond acceptors (Lipinski definition) is 9. The Bertz CT molecular complexity index is 1410. The van der Waals surface area contributed by atoms with Gasteiger partial charge in [0.25, 0.3) is 23.5 Å². The second-order valence-electron chi connectivity index (χ2n) is 8.55. The van der Waals surface area contributed by atoms with Crippen LogP contribution in [0.2, 0.25) is 5.15 Å². The number of anilines is 2. The average molecular weight is 613 g/mol. The first-order chi connectivity index (χ1) is 19.2. The highest BCUT2D eigenvalue weighted by atomic mass is 35.5. The van der Waals surface area contributed by atoms with E-state index in [0.29, 0.717) is 32.8 Å². The Morgan fingerprint density at radius 3 is 2.41 bits per heavy atom. The van der Waals surface area contributed by atoms with E-state index in [0.717, 1.165) is 16.9 Å². The summed E-state index contributed by atoms with van der Waals surface area (Å²) in [7, 11) is 1.54. The van der Waals surface area contributed by atoms with Crippen molar-refractivity contribution in [2.45, 2.75) is 40.4 Å². The summed E-state index contributed by atoms with van der Waals surface area (Å²) in [6.45, 7) is 7.75. The second kappa shape index (κ2) is 15.2. The van der Waals surface area contributed by atoms with Crippen molar-refractivity contribution in [3.63, 3.8) is 0 Å². The number of nitrogens with two attached hydrogens (primary N) is 2. The molecule has 0 atom stereocenters. The fourth-order valence-electron chi connectivity index (χ4n) is 4.20. The molecule has 16 heteroatoms. The van der Waals surface area contributed by atoms with Crippen LogP contribution in [0.4, 0.5) is 11.6 Å². The van der Waals surface area contributed by atoms with Gasteiger partial charge in [-0.25, -0.2) is 19.1 Å². The molecule has 2 aromatic heterocycles. The third-order valence-electron chi connectivity index (χ3n) is 6.01. The minimum atomic E-state index is -0.575. The van der Waals surface area contributed by atoms with Crippen molar-refractivity contribution < 1.29 is 40.8 Å². The van der Waals surface area contributed by atoms with E-state index in [1.807, 2.05) is 29.9 Å². The van der Waals surface area contributed by atoms with Crippen LogP contribution in [0.15, 0.2) is 12.1 Å². The van der Waals surface area contributed by atoms with Gasteiger partial charge in [0.2, 0.25) is 0 Å². The van der Waals surface area contributed by atoms with Gasteiger partial charge in [0.05, 0.1) is 25.3 Å². The van der Waals surface area contributed by atoms with Gasteiger partial charge in [-0.15, -0.1) is 0 Å². The monoisotopic (exact) mass is 611 g/mol. The number of benzene rings is 1. The summed E-state index contributed by atoms with van der Waals surface area (Å²) in [6.07, 6.45) is 0. The van der Waals surface area contributed by atoms with E-state index in [1.165, 1.54) is 0 Å². The Morgan fingerprint density at radius 2 is 1.78 bits per heavy atom. The quantitative estimate of drug-likeness (QED) is 0.102. The smallest absolute Gasteiger partial charge is 0.277 e. The van der Waals surface area contributed by atoms with E-state index in [-0.39, 0.29) is 71.2 Å². The van der Waals surface area contributed by atoms with Crippen LogP contribution in [0.25, 0.3) is 11.0 Å². The number of halogens is 2. The van der Waals surface area contributed by atoms with Crippen LogP contribution in [0.3, 0.4) is 0 Å². The molecule has 224 valence electrons. The van der Waals surface area contributed by atoms with Crippen molar-refractivity contribution >= 4 is 52.0 Å². The van der Waals surface area contributed by atoms with Crippen molar-refractivity contribution in [1.29, 1.82) is 0 Å². The maximum absolute atomic E-state index is 13.0. The molecule has 0 saturated carbocycles. The average Bonchev–Trinajstić information content (AvgIpc) is 3.23. The number of imidazole rings is 1. The van der Waals surface area contributed by atoms with E-state index >= 15 is 0 Å². The van der Waals surface area contributed by atoms with Crippen molar-refractivity contribution in [2.75, 3.05) is 44.9 Å². The number of nitrogen functional groups attached to an aromatic ring is 2. The van der Waals surface area contributed by atoms with Crippen LogP contribution in [-0.2, 0) is 29.2 Å². The number of fused-ring (bicyclic) bond motifs is 1. The Balaban J connectivity index is 0.00000588. The molecule has 0 saturated heterocycles. The zero-order valence-corrected chi connectivity index (χ0v) is 24.9. The Labute approximate surface area is 248 Å². The van der Waals surface area contributed by atoms with Crippen LogP contribution in [-0.4, -0.2) is 65.7 Å². The standard InChI is InChI=1S/C25H34ClN9O5.ClH/c1-5-29-24(37)14-10-15-16(11-17(14)40-13-18(36)30-8-9-39-4)35(7-3)19(34(15)6-2)12-31-25(38)20-22(27)33-23(28)21(26)32-20;/h10-11H,5-9,12-13H2,1-4H3,(H6-,27,28,29,30,31,33,36,37,38);1H. The summed E-state index contributed by atoms with van der Waals surface area (Å²) in [5.41, 5.74) is 13.1. The lowest BCUT2D eigenvalue weighted by Gasteiger charge is -2.11. The van der Waals surface area contributed by atoms with Crippen LogP contribution in [0, 0.1) is 0 Å². The molecule has 14 nitrogen and oxygen atoms in total. The van der Waals surface area contributed by atoms with Crippen molar-refractivity contribution in [3.05, 3.63) is 34.4 Å². The molecule has 41 heavy (non-hydrogen) atoms. The molecular formula is C25H35Cl2N9O5. The lowest BCUT2D eigenvalue weighted by molar-refractivity contribution is -0.676. The summed E-state index contributed by atoms with van der Waals surface area (Å²) in [6, 6.07) is 3.45. The van der Waals surface area contributed by atoms with Gasteiger partial charge >= 0.3 is 0 Å². The summed E-state index contributed by atoms with van der Waals surface area (Å²) in [4.78, 5) is 45.9. The van der Waals surface area contributed by atoms with Crippen LogP contribution in [0.1, 0.15) is 47.4 Å². The van der Waals surface area contributed by atoms with Crippen LogP contribution >= 0.6 is 11.6 Å². The zero-order chi connectivity index (χ0) is 29.4. The van der Waals surface area contributed by atoms with E-state index in [1.54, 1.807) is 19.2 Å². The minimum absolute atomic E-state index is 0. The van der Waals surface area contributed by atoms with Gasteiger partial charge in [0.15, 0.2) is 40.1 Å². The summed E-state index contributed by atoms with van der Waals surface area (Å²) >= 11 is 5.93. The number of carbonyl (C=O) groups excluding carboxylic acids is 3. The fraction of sp³-hybridized carbons (Fsp3) is 0.440. The van der Waals surface area contributed by atoms with Crippen molar-refractivity contribution in [1.82, 2.24) is 30.5 Å². The Hall–Kier alpha value is -3.88. The summed E-state index contributed by atoms with van der Waals surface area (Å²) in [5, 5.41) is 8.17. The molecule has 3 rings (SSSR count). The maximum atomic E-state index is 13.0. The first-order valence-corrected chi connectivity index (χ1v) is 13.2. The van der Waals surface area contributed by atoms with Crippen molar-refractivity contribution in [2.24, 2.45) is 0 Å². The van der Waals surface area contributed by atoms with Gasteiger partial charge in [-0.3, -0.25) is 14.4 Å². The lowest BCUT2D eigenvalue weighted by atomic mass is 10.1. The van der Waals surface area contributed by atoms with Gasteiger partial charge in [-0.05, 0) is 20.8 Å². The molecule has 2 heterocycles. The first-order valence-electron chi connectivity index (χ1n) is 12.8. The molecule has 0 fully saturated rings. The number of ether oxygens (including phenoxy) is 2. The van der Waals surface area contributed by atoms with Gasteiger partial charge in [0.1, 0.15) is 12.3 Å². The predicted octanol–water partition coefficient (Wildman–Crippen LogP) is -2.60. The number of hydrogen-bond donors (Lipinski definition) is 5. The highest BCUT2D eigenvalue weighted by Gasteiger charge is 2.28. The van der Waals surface area contributed by atoms with Gasteiger partial charge in [-0.1, -0.05) is 11.6 Å². The van der Waals surface area contributed by atoms with Gasteiger partial charge < -0.3 is 49.3 Å². The third-order valence-corrected chi connectivity index (χ3v) is 6.29.